The van der Waals surface area contributed by atoms with Gasteiger partial charge in [0, 0.05) is 0 Å². The lowest BCUT2D eigenvalue weighted by Gasteiger charge is -2.13. The summed E-state index contributed by atoms with van der Waals surface area (Å²) < 4.78 is 5.30. The van der Waals surface area contributed by atoms with Gasteiger partial charge in [0.05, 0.1) is 12.3 Å². The number of pyridine rings is 1. The summed E-state index contributed by atoms with van der Waals surface area (Å²) in [4.78, 5) is 3.99. The van der Waals surface area contributed by atoms with E-state index in [1.807, 2.05) is 6.07 Å². The fourth-order valence-corrected chi connectivity index (χ4v) is 1.82. The maximum atomic E-state index is 9.77. The summed E-state index contributed by atoms with van der Waals surface area (Å²) in [5.74, 6) is 0. The first kappa shape index (κ1) is 12.0. The summed E-state index contributed by atoms with van der Waals surface area (Å²) in [5, 5.41) is 37.0. The molecular weight excluding hydrogens is 224 g/mol. The van der Waals surface area contributed by atoms with Gasteiger partial charge in [-0.1, -0.05) is 6.07 Å². The van der Waals surface area contributed by atoms with Crippen molar-refractivity contribution in [2.24, 2.45) is 0 Å². The zero-order chi connectivity index (χ0) is 12.4. The molecule has 2 heterocycles. The van der Waals surface area contributed by atoms with E-state index in [2.05, 4.69) is 4.98 Å². The number of nitrogens with zero attached hydrogens (tertiary/aromatic N) is 2. The Morgan fingerprint density at radius 2 is 2.12 bits per heavy atom. The van der Waals surface area contributed by atoms with E-state index >= 15 is 0 Å². The van der Waals surface area contributed by atoms with Gasteiger partial charge < -0.3 is 20.1 Å². The number of hydrogen-bond acceptors (Lipinski definition) is 6. The Kier molecular flexibility index (Phi) is 3.36. The van der Waals surface area contributed by atoms with Gasteiger partial charge in [-0.05, 0) is 12.1 Å². The minimum absolute atomic E-state index is 0.209. The van der Waals surface area contributed by atoms with Gasteiger partial charge in [0.15, 0.2) is 0 Å². The molecule has 0 bridgehead atoms. The molecule has 0 amide bonds. The van der Waals surface area contributed by atoms with Crippen molar-refractivity contribution in [1.82, 2.24) is 4.98 Å². The summed E-state index contributed by atoms with van der Waals surface area (Å²) in [5.41, 5.74) is 0.576. The Balaban J connectivity index is 2.26. The molecule has 1 aliphatic rings. The van der Waals surface area contributed by atoms with Crippen LogP contribution in [-0.4, -0.2) is 45.2 Å². The predicted molar refractivity (Wildman–Crippen MR) is 55.7 cm³/mol. The Labute approximate surface area is 97.7 Å². The summed E-state index contributed by atoms with van der Waals surface area (Å²) >= 11 is 0. The monoisotopic (exact) mass is 236 g/mol. The quantitative estimate of drug-likeness (QED) is 0.614. The molecule has 1 aromatic heterocycles. The summed E-state index contributed by atoms with van der Waals surface area (Å²) in [6.45, 7) is -0.382. The summed E-state index contributed by atoms with van der Waals surface area (Å²) in [7, 11) is 0. The van der Waals surface area contributed by atoms with E-state index in [1.54, 1.807) is 12.1 Å². The van der Waals surface area contributed by atoms with E-state index in [-0.39, 0.29) is 12.3 Å². The molecule has 4 atom stereocenters. The zero-order valence-electron chi connectivity index (χ0n) is 8.89. The SMILES string of the molecule is N#Cc1cccc([C@H]2O[C@H](CO)[C@@H](O)[C@H]2O)n1. The molecule has 17 heavy (non-hydrogen) atoms. The number of aromatic nitrogens is 1. The van der Waals surface area contributed by atoms with Crippen molar-refractivity contribution in [1.29, 1.82) is 5.26 Å². The number of hydrogen-bond donors (Lipinski definition) is 3. The minimum Gasteiger partial charge on any atom is -0.394 e. The Morgan fingerprint density at radius 1 is 1.35 bits per heavy atom. The normalized spacial score (nSPS) is 32.4. The number of ether oxygens (including phenoxy) is 1. The molecule has 6 nitrogen and oxygen atoms in total. The van der Waals surface area contributed by atoms with Gasteiger partial charge in [0.1, 0.15) is 36.2 Å². The van der Waals surface area contributed by atoms with Gasteiger partial charge in [-0.25, -0.2) is 4.98 Å². The molecule has 0 saturated carbocycles. The lowest BCUT2D eigenvalue weighted by Crippen LogP contribution is -2.32. The topological polar surface area (TPSA) is 107 Å². The second-order valence-electron chi connectivity index (χ2n) is 3.82. The van der Waals surface area contributed by atoms with E-state index in [0.717, 1.165) is 0 Å². The molecule has 3 N–H and O–H groups in total. The summed E-state index contributed by atoms with van der Waals surface area (Å²) in [6, 6.07) is 6.63. The van der Waals surface area contributed by atoms with Crippen molar-refractivity contribution in [3.63, 3.8) is 0 Å². The summed E-state index contributed by atoms with van der Waals surface area (Å²) in [6.07, 6.45) is -3.97. The van der Waals surface area contributed by atoms with E-state index < -0.39 is 24.4 Å². The molecule has 1 saturated heterocycles. The molecule has 1 aliphatic heterocycles. The highest BCUT2D eigenvalue weighted by Gasteiger charge is 2.43. The molecule has 6 heteroatoms. The Hall–Kier alpha value is -1.52. The Morgan fingerprint density at radius 3 is 2.71 bits per heavy atom. The van der Waals surface area contributed by atoms with E-state index in [9.17, 15) is 10.2 Å². The van der Waals surface area contributed by atoms with E-state index in [4.69, 9.17) is 15.1 Å². The van der Waals surface area contributed by atoms with Crippen molar-refractivity contribution < 1.29 is 20.1 Å². The first-order chi connectivity index (χ1) is 8.17. The third kappa shape index (κ3) is 2.14. The molecular formula is C11H12N2O4. The second-order valence-corrected chi connectivity index (χ2v) is 3.82. The zero-order valence-corrected chi connectivity index (χ0v) is 8.89. The molecule has 2 rings (SSSR count). The number of aliphatic hydroxyl groups is 3. The molecule has 0 aromatic carbocycles. The van der Waals surface area contributed by atoms with Crippen LogP contribution in [-0.2, 0) is 4.74 Å². The second kappa shape index (κ2) is 4.77. The van der Waals surface area contributed by atoms with E-state index in [1.165, 1.54) is 6.07 Å². The molecule has 0 unspecified atom stereocenters. The van der Waals surface area contributed by atoms with Crippen LogP contribution < -0.4 is 0 Å². The van der Waals surface area contributed by atoms with Gasteiger partial charge in [0.2, 0.25) is 0 Å². The predicted octanol–water partition coefficient (Wildman–Crippen LogP) is -0.893. The van der Waals surface area contributed by atoms with Crippen LogP contribution in [0.15, 0.2) is 18.2 Å². The first-order valence-electron chi connectivity index (χ1n) is 5.17. The van der Waals surface area contributed by atoms with Gasteiger partial charge in [-0.2, -0.15) is 5.26 Å². The van der Waals surface area contributed by atoms with Crippen LogP contribution in [0.25, 0.3) is 0 Å². The lowest BCUT2D eigenvalue weighted by atomic mass is 10.1. The molecule has 90 valence electrons. The van der Waals surface area contributed by atoms with Crippen molar-refractivity contribution in [2.75, 3.05) is 6.61 Å². The van der Waals surface area contributed by atoms with Crippen LogP contribution in [0.2, 0.25) is 0 Å². The maximum absolute atomic E-state index is 9.77. The van der Waals surface area contributed by atoms with Crippen LogP contribution >= 0.6 is 0 Å². The number of nitriles is 1. The van der Waals surface area contributed by atoms with E-state index in [0.29, 0.717) is 5.69 Å². The number of rotatable bonds is 2. The van der Waals surface area contributed by atoms with Crippen LogP contribution in [0.1, 0.15) is 17.5 Å². The Bertz CT molecular complexity index is 445. The molecule has 0 spiro atoms. The fraction of sp³-hybridized carbons (Fsp3) is 0.455. The van der Waals surface area contributed by atoms with Crippen LogP contribution in [0.5, 0.6) is 0 Å². The van der Waals surface area contributed by atoms with Gasteiger partial charge in [-0.15, -0.1) is 0 Å². The van der Waals surface area contributed by atoms with Crippen molar-refractivity contribution in [3.05, 3.63) is 29.6 Å². The molecule has 0 aliphatic carbocycles. The third-order valence-corrected chi connectivity index (χ3v) is 2.72. The molecule has 0 radical (unpaired) electrons. The largest absolute Gasteiger partial charge is 0.394 e. The smallest absolute Gasteiger partial charge is 0.140 e. The van der Waals surface area contributed by atoms with Crippen LogP contribution in [0.3, 0.4) is 0 Å². The highest BCUT2D eigenvalue weighted by Crippen LogP contribution is 2.32. The highest BCUT2D eigenvalue weighted by molar-refractivity contribution is 5.24. The van der Waals surface area contributed by atoms with Crippen LogP contribution in [0.4, 0.5) is 0 Å². The average molecular weight is 236 g/mol. The van der Waals surface area contributed by atoms with Gasteiger partial charge >= 0.3 is 0 Å². The lowest BCUT2D eigenvalue weighted by molar-refractivity contribution is -0.0239. The van der Waals surface area contributed by atoms with Crippen molar-refractivity contribution in [3.8, 4) is 6.07 Å². The fourth-order valence-electron chi connectivity index (χ4n) is 1.82. The van der Waals surface area contributed by atoms with Gasteiger partial charge in [-0.3, -0.25) is 0 Å². The number of aliphatic hydroxyl groups excluding tert-OH is 3. The van der Waals surface area contributed by atoms with Crippen LogP contribution in [0, 0.1) is 11.3 Å². The molecule has 1 aromatic rings. The maximum Gasteiger partial charge on any atom is 0.140 e. The van der Waals surface area contributed by atoms with Crippen molar-refractivity contribution >= 4 is 0 Å². The minimum atomic E-state index is -1.16. The average Bonchev–Trinajstić information content (AvgIpc) is 2.66. The van der Waals surface area contributed by atoms with Crippen molar-refractivity contribution in [2.45, 2.75) is 24.4 Å². The first-order valence-corrected chi connectivity index (χ1v) is 5.17. The third-order valence-electron chi connectivity index (χ3n) is 2.72. The van der Waals surface area contributed by atoms with Gasteiger partial charge in [0.25, 0.3) is 0 Å². The molecule has 1 fully saturated rings. The standard InChI is InChI=1S/C11H12N2O4/c12-4-6-2-1-3-7(13-6)11-10(16)9(15)8(5-14)17-11/h1-3,8-11,14-16H,5H2/t8-,9-,10-,11-/m1/s1. The highest BCUT2D eigenvalue weighted by atomic mass is 16.6.